The van der Waals surface area contributed by atoms with E-state index in [1.807, 2.05) is 0 Å². The Morgan fingerprint density at radius 2 is 1.44 bits per heavy atom. The molecule has 0 atom stereocenters. The van der Waals surface area contributed by atoms with Gasteiger partial charge >= 0.3 is 11.9 Å². The first kappa shape index (κ1) is 31.4. The quantitative estimate of drug-likeness (QED) is 0.110. The minimum absolute atomic E-state index is 0. The first-order chi connectivity index (χ1) is 16.7. The van der Waals surface area contributed by atoms with Crippen LogP contribution in [0.1, 0.15) is 68.6 Å². The molecule has 0 spiro atoms. The number of guanidine groups is 1. The lowest BCUT2D eigenvalue weighted by molar-refractivity contribution is -0.538. The largest absolute Gasteiger partial charge is 1.00 e. The van der Waals surface area contributed by atoms with Gasteiger partial charge in [0, 0.05) is 12.8 Å². The van der Waals surface area contributed by atoms with Gasteiger partial charge in [0.05, 0.1) is 53.5 Å². The number of hydrogen-bond acceptors (Lipinski definition) is 5. The maximum absolute atomic E-state index is 12.2. The van der Waals surface area contributed by atoms with Gasteiger partial charge in [-0.25, -0.2) is 4.79 Å². The third kappa shape index (κ3) is 9.79. The molecule has 1 heterocycles. The summed E-state index contributed by atoms with van der Waals surface area (Å²) in [6.07, 6.45) is 6.82. The maximum atomic E-state index is 12.2. The van der Waals surface area contributed by atoms with Crippen molar-refractivity contribution in [1.29, 1.82) is 0 Å². The molecule has 2 rings (SSSR count). The number of nitrogens with zero attached hydrogens (tertiary/aromatic N) is 4. The summed E-state index contributed by atoms with van der Waals surface area (Å²) < 4.78 is 8.27. The summed E-state index contributed by atoms with van der Waals surface area (Å²) in [6.45, 7) is 4.94. The molecule has 0 bridgehead atoms. The molecule has 36 heavy (non-hydrogen) atoms. The Morgan fingerprint density at radius 1 is 0.889 bits per heavy atom. The molecular formula is C26H41BrN4O5. The van der Waals surface area contributed by atoms with Crippen LogP contribution in [-0.4, -0.2) is 91.1 Å². The Morgan fingerprint density at radius 3 is 2.00 bits per heavy atom. The van der Waals surface area contributed by atoms with Crippen molar-refractivity contribution >= 4 is 23.7 Å². The average Bonchev–Trinajstić information content (AvgIpc) is 3.13. The molecule has 1 aliphatic rings. The Bertz CT molecular complexity index is 861. The molecule has 0 unspecified atom stereocenters. The van der Waals surface area contributed by atoms with Crippen LogP contribution in [0.2, 0.25) is 0 Å². The van der Waals surface area contributed by atoms with E-state index in [2.05, 4.69) is 49.5 Å². The average molecular weight is 570 g/mol. The van der Waals surface area contributed by atoms with Gasteiger partial charge in [-0.2, -0.15) is 0 Å². The number of imide groups is 1. The van der Waals surface area contributed by atoms with Crippen LogP contribution in [0.3, 0.4) is 0 Å². The highest BCUT2D eigenvalue weighted by Gasteiger charge is 2.33. The molecular weight excluding hydrogens is 528 g/mol. The zero-order chi connectivity index (χ0) is 25.8. The normalized spacial score (nSPS) is 12.8. The first-order valence-corrected chi connectivity index (χ1v) is 12.5. The summed E-state index contributed by atoms with van der Waals surface area (Å²) in [5.41, 5.74) is 0.254. The van der Waals surface area contributed by atoms with Gasteiger partial charge < -0.3 is 26.6 Å². The number of unbranched alkanes of at least 4 members (excludes halogenated alkanes) is 4. The summed E-state index contributed by atoms with van der Waals surface area (Å²) in [5, 5.41) is 0.551. The van der Waals surface area contributed by atoms with Gasteiger partial charge in [-0.15, -0.1) is 5.06 Å². The van der Waals surface area contributed by atoms with E-state index in [9.17, 15) is 14.4 Å². The fourth-order valence-corrected chi connectivity index (χ4v) is 4.06. The third-order valence-corrected chi connectivity index (χ3v) is 5.73. The standard InChI is InChI=1S/C26H41N4O5.BrH/c1-6-7-18-29(26(27(2)3)28(4)5)19-10-8-9-11-20-34-22-14-12-21(13-15-22)25(33)35-30-23(31)16-17-24(30)32;/h12-15H,6-11,16-20H2,1-5H3;1H/q+1;/p-1. The smallest absolute Gasteiger partial charge is 0.363 e. The van der Waals surface area contributed by atoms with E-state index in [4.69, 9.17) is 9.57 Å². The second-order valence-electron chi connectivity index (χ2n) is 9.18. The fourth-order valence-electron chi connectivity index (χ4n) is 4.06. The molecule has 1 aliphatic heterocycles. The number of carbonyl (C=O) groups is 3. The molecule has 1 fully saturated rings. The number of hydroxylamine groups is 2. The SMILES string of the molecule is CCCC[N+](CCCCCCOc1ccc(C(=O)ON2C(=O)CCC2=O)cc1)=C(N(C)C)N(C)C.[Br-]. The number of ether oxygens (including phenoxy) is 1. The van der Waals surface area contributed by atoms with E-state index in [0.29, 0.717) is 17.4 Å². The molecule has 0 aliphatic carbocycles. The Balaban J connectivity index is 0.00000648. The lowest BCUT2D eigenvalue weighted by Gasteiger charge is -2.21. The number of rotatable bonds is 13. The van der Waals surface area contributed by atoms with Crippen LogP contribution in [0.5, 0.6) is 5.75 Å². The van der Waals surface area contributed by atoms with Crippen molar-refractivity contribution in [3.63, 3.8) is 0 Å². The topological polar surface area (TPSA) is 82.4 Å². The molecule has 1 aromatic carbocycles. The number of hydrogen-bond donors (Lipinski definition) is 0. The van der Waals surface area contributed by atoms with Crippen molar-refractivity contribution in [1.82, 2.24) is 14.9 Å². The molecule has 9 nitrogen and oxygen atoms in total. The van der Waals surface area contributed by atoms with Gasteiger partial charge in [0.1, 0.15) is 5.75 Å². The predicted molar refractivity (Wildman–Crippen MR) is 134 cm³/mol. The highest BCUT2D eigenvalue weighted by molar-refractivity contribution is 6.02. The number of benzene rings is 1. The van der Waals surface area contributed by atoms with Gasteiger partial charge in [0.2, 0.25) is 0 Å². The minimum Gasteiger partial charge on any atom is -1.00 e. The predicted octanol–water partition coefficient (Wildman–Crippen LogP) is 0.142. The van der Waals surface area contributed by atoms with Crippen LogP contribution in [0.15, 0.2) is 24.3 Å². The summed E-state index contributed by atoms with van der Waals surface area (Å²) in [6, 6.07) is 6.51. The molecule has 1 saturated heterocycles. The lowest BCUT2D eigenvalue weighted by atomic mass is 10.2. The summed E-state index contributed by atoms with van der Waals surface area (Å²) >= 11 is 0. The lowest BCUT2D eigenvalue weighted by Crippen LogP contribution is -3.00. The van der Waals surface area contributed by atoms with Crippen LogP contribution in [0, 0.1) is 0 Å². The van der Waals surface area contributed by atoms with Crippen LogP contribution >= 0.6 is 0 Å². The molecule has 0 saturated carbocycles. The van der Waals surface area contributed by atoms with E-state index in [0.717, 1.165) is 38.8 Å². The van der Waals surface area contributed by atoms with E-state index < -0.39 is 17.8 Å². The molecule has 10 heteroatoms. The third-order valence-electron chi connectivity index (χ3n) is 5.73. The number of amides is 2. The zero-order valence-electron chi connectivity index (χ0n) is 22.3. The van der Waals surface area contributed by atoms with E-state index >= 15 is 0 Å². The van der Waals surface area contributed by atoms with Crippen molar-refractivity contribution in [2.75, 3.05) is 47.9 Å². The first-order valence-electron chi connectivity index (χ1n) is 12.5. The molecule has 202 valence electrons. The maximum Gasteiger partial charge on any atom is 0.363 e. The van der Waals surface area contributed by atoms with Crippen molar-refractivity contribution in [2.45, 2.75) is 58.3 Å². The van der Waals surface area contributed by atoms with Gasteiger partial charge in [-0.3, -0.25) is 24.0 Å². The van der Waals surface area contributed by atoms with Gasteiger partial charge in [0.25, 0.3) is 11.8 Å². The van der Waals surface area contributed by atoms with Crippen LogP contribution in [0.4, 0.5) is 0 Å². The van der Waals surface area contributed by atoms with Crippen molar-refractivity contribution in [2.24, 2.45) is 0 Å². The molecule has 0 N–H and O–H groups in total. The molecule has 2 amide bonds. The van der Waals surface area contributed by atoms with Crippen LogP contribution in [0.25, 0.3) is 0 Å². The van der Waals surface area contributed by atoms with Crippen LogP contribution in [-0.2, 0) is 14.4 Å². The fraction of sp³-hybridized carbons (Fsp3) is 0.615. The van der Waals surface area contributed by atoms with E-state index in [1.165, 1.54) is 18.8 Å². The van der Waals surface area contributed by atoms with Gasteiger partial charge in [-0.05, 0) is 49.9 Å². The number of halogens is 1. The summed E-state index contributed by atoms with van der Waals surface area (Å²) in [4.78, 5) is 44.6. The van der Waals surface area contributed by atoms with Crippen LogP contribution < -0.4 is 21.7 Å². The summed E-state index contributed by atoms with van der Waals surface area (Å²) in [7, 11) is 8.38. The Hall–Kier alpha value is -2.62. The zero-order valence-corrected chi connectivity index (χ0v) is 23.9. The Kier molecular flexibility index (Phi) is 14.1. The highest BCUT2D eigenvalue weighted by atomic mass is 79.9. The molecule has 1 aromatic rings. The van der Waals surface area contributed by atoms with Crippen molar-refractivity contribution in [3.05, 3.63) is 29.8 Å². The Labute approximate surface area is 225 Å². The second-order valence-corrected chi connectivity index (χ2v) is 9.18. The van der Waals surface area contributed by atoms with Gasteiger partial charge in [-0.1, -0.05) is 19.8 Å². The molecule has 0 aromatic heterocycles. The van der Waals surface area contributed by atoms with Crippen molar-refractivity contribution < 1.29 is 45.5 Å². The van der Waals surface area contributed by atoms with E-state index in [1.54, 1.807) is 24.3 Å². The minimum atomic E-state index is -0.739. The second kappa shape index (κ2) is 16.2. The summed E-state index contributed by atoms with van der Waals surface area (Å²) in [5.74, 6) is 0.179. The highest BCUT2D eigenvalue weighted by Crippen LogP contribution is 2.17. The van der Waals surface area contributed by atoms with E-state index in [-0.39, 0.29) is 35.4 Å². The molecule has 0 radical (unpaired) electrons. The monoisotopic (exact) mass is 568 g/mol. The van der Waals surface area contributed by atoms with Crippen molar-refractivity contribution in [3.8, 4) is 5.75 Å². The number of carbonyl (C=O) groups excluding carboxylic acids is 3. The van der Waals surface area contributed by atoms with Gasteiger partial charge in [0.15, 0.2) is 0 Å².